The van der Waals surface area contributed by atoms with E-state index in [1.54, 1.807) is 6.20 Å². The summed E-state index contributed by atoms with van der Waals surface area (Å²) in [5.74, 6) is 1.36. The number of pyridine rings is 1. The lowest BCUT2D eigenvalue weighted by Crippen LogP contribution is -2.13. The summed E-state index contributed by atoms with van der Waals surface area (Å²) < 4.78 is 6.32. The second-order valence-electron chi connectivity index (χ2n) is 3.99. The highest BCUT2D eigenvalue weighted by Gasteiger charge is 2.01. The Morgan fingerprint density at radius 1 is 1.56 bits per heavy atom. The Bertz CT molecular complexity index is 331. The zero-order chi connectivity index (χ0) is 12.0. The topological polar surface area (TPSA) is 60.2 Å². The van der Waals surface area contributed by atoms with Crippen molar-refractivity contribution >= 4 is 27.4 Å². The quantitative estimate of drug-likeness (QED) is 0.790. The molecule has 1 rings (SSSR count). The van der Waals surface area contributed by atoms with E-state index in [1.165, 1.54) is 0 Å². The zero-order valence-corrected chi connectivity index (χ0v) is 11.3. The van der Waals surface area contributed by atoms with Crippen molar-refractivity contribution in [2.75, 3.05) is 30.8 Å². The molecule has 0 saturated heterocycles. The van der Waals surface area contributed by atoms with Crippen LogP contribution in [0.4, 0.5) is 11.5 Å². The lowest BCUT2D eigenvalue weighted by atomic mass is 10.2. The van der Waals surface area contributed by atoms with Crippen LogP contribution in [0, 0.1) is 5.92 Å². The predicted octanol–water partition coefficient (Wildman–Crippen LogP) is 2.51. The summed E-state index contributed by atoms with van der Waals surface area (Å²) in [5.41, 5.74) is 6.24. The van der Waals surface area contributed by atoms with Crippen molar-refractivity contribution in [1.82, 2.24) is 4.98 Å². The molecule has 0 aliphatic heterocycles. The van der Waals surface area contributed by atoms with E-state index in [-0.39, 0.29) is 0 Å². The van der Waals surface area contributed by atoms with Gasteiger partial charge in [0.15, 0.2) is 0 Å². The Morgan fingerprint density at radius 2 is 2.31 bits per heavy atom. The van der Waals surface area contributed by atoms with Gasteiger partial charge in [0.2, 0.25) is 0 Å². The van der Waals surface area contributed by atoms with Gasteiger partial charge >= 0.3 is 0 Å². The fourth-order valence-electron chi connectivity index (χ4n) is 1.14. The lowest BCUT2D eigenvalue weighted by molar-refractivity contribution is 0.118. The fraction of sp³-hybridized carbons (Fsp3) is 0.545. The van der Waals surface area contributed by atoms with E-state index >= 15 is 0 Å². The standard InChI is InChI=1S/C11H18BrN3O/c1-8(2)7-16-4-3-14-11-10(12)5-9(13)6-15-11/h5-6,8H,3-4,7,13H2,1-2H3,(H,14,15). The number of anilines is 2. The third-order valence-electron chi connectivity index (χ3n) is 1.85. The normalized spacial score (nSPS) is 10.8. The van der Waals surface area contributed by atoms with E-state index < -0.39 is 0 Å². The van der Waals surface area contributed by atoms with Gasteiger partial charge in [-0.25, -0.2) is 4.98 Å². The first-order chi connectivity index (χ1) is 7.59. The summed E-state index contributed by atoms with van der Waals surface area (Å²) >= 11 is 3.39. The highest BCUT2D eigenvalue weighted by atomic mass is 79.9. The SMILES string of the molecule is CC(C)COCCNc1ncc(N)cc1Br. The van der Waals surface area contributed by atoms with Crippen LogP contribution in [0.15, 0.2) is 16.7 Å². The molecule has 5 heteroatoms. The molecule has 1 heterocycles. The molecule has 90 valence electrons. The van der Waals surface area contributed by atoms with Crippen LogP contribution in [0.5, 0.6) is 0 Å². The van der Waals surface area contributed by atoms with Crippen LogP contribution in [0.2, 0.25) is 0 Å². The van der Waals surface area contributed by atoms with E-state index in [4.69, 9.17) is 10.5 Å². The zero-order valence-electron chi connectivity index (χ0n) is 9.66. The first kappa shape index (κ1) is 13.3. The van der Waals surface area contributed by atoms with Crippen molar-refractivity contribution in [3.05, 3.63) is 16.7 Å². The van der Waals surface area contributed by atoms with Crippen molar-refractivity contribution in [2.45, 2.75) is 13.8 Å². The van der Waals surface area contributed by atoms with Gasteiger partial charge in [-0.3, -0.25) is 0 Å². The molecule has 0 unspecified atom stereocenters. The first-order valence-electron chi connectivity index (χ1n) is 5.32. The minimum absolute atomic E-state index is 0.571. The Kier molecular flexibility index (Phi) is 5.55. The van der Waals surface area contributed by atoms with Crippen molar-refractivity contribution in [1.29, 1.82) is 0 Å². The smallest absolute Gasteiger partial charge is 0.140 e. The minimum Gasteiger partial charge on any atom is -0.397 e. The third-order valence-corrected chi connectivity index (χ3v) is 2.46. The van der Waals surface area contributed by atoms with Crippen LogP contribution in [-0.4, -0.2) is 24.7 Å². The van der Waals surface area contributed by atoms with Crippen molar-refractivity contribution in [3.63, 3.8) is 0 Å². The van der Waals surface area contributed by atoms with E-state index in [2.05, 4.69) is 40.1 Å². The van der Waals surface area contributed by atoms with E-state index in [0.717, 1.165) is 23.4 Å². The molecule has 0 fully saturated rings. The average Bonchev–Trinajstić information content (AvgIpc) is 2.20. The highest BCUT2D eigenvalue weighted by molar-refractivity contribution is 9.10. The Hall–Kier alpha value is -0.810. The van der Waals surface area contributed by atoms with Crippen LogP contribution in [0.3, 0.4) is 0 Å². The van der Waals surface area contributed by atoms with Crippen molar-refractivity contribution in [2.24, 2.45) is 5.92 Å². The molecule has 0 amide bonds. The highest BCUT2D eigenvalue weighted by Crippen LogP contribution is 2.21. The van der Waals surface area contributed by atoms with Gasteiger partial charge in [-0.2, -0.15) is 0 Å². The van der Waals surface area contributed by atoms with Gasteiger partial charge < -0.3 is 15.8 Å². The lowest BCUT2D eigenvalue weighted by Gasteiger charge is -2.09. The number of nitrogen functional groups attached to an aromatic ring is 1. The Labute approximate surface area is 105 Å². The number of hydrogen-bond donors (Lipinski definition) is 2. The van der Waals surface area contributed by atoms with Gasteiger partial charge in [0, 0.05) is 13.2 Å². The molecule has 0 aliphatic carbocycles. The van der Waals surface area contributed by atoms with Gasteiger partial charge in [-0.15, -0.1) is 0 Å². The second kappa shape index (κ2) is 6.70. The Balaban J connectivity index is 2.27. The number of hydrogen-bond acceptors (Lipinski definition) is 4. The van der Waals surface area contributed by atoms with Gasteiger partial charge in [-0.05, 0) is 27.9 Å². The van der Waals surface area contributed by atoms with Crippen LogP contribution in [0.1, 0.15) is 13.8 Å². The monoisotopic (exact) mass is 287 g/mol. The molecule has 16 heavy (non-hydrogen) atoms. The molecule has 0 radical (unpaired) electrons. The van der Waals surface area contributed by atoms with Crippen LogP contribution >= 0.6 is 15.9 Å². The minimum atomic E-state index is 0.571. The summed E-state index contributed by atoms with van der Waals surface area (Å²) in [5, 5.41) is 3.18. The molecule has 0 spiro atoms. The van der Waals surface area contributed by atoms with Crippen LogP contribution in [-0.2, 0) is 4.74 Å². The summed E-state index contributed by atoms with van der Waals surface area (Å²) in [6.45, 7) is 6.47. The number of nitrogens with one attached hydrogen (secondary N) is 1. The summed E-state index contributed by atoms with van der Waals surface area (Å²) in [6.07, 6.45) is 1.63. The Morgan fingerprint density at radius 3 is 2.94 bits per heavy atom. The maximum Gasteiger partial charge on any atom is 0.140 e. The van der Waals surface area contributed by atoms with Gasteiger partial charge in [0.25, 0.3) is 0 Å². The molecule has 0 aliphatic rings. The number of rotatable bonds is 6. The molecule has 4 nitrogen and oxygen atoms in total. The number of halogens is 1. The van der Waals surface area contributed by atoms with Gasteiger partial charge in [0.05, 0.1) is 23.0 Å². The second-order valence-corrected chi connectivity index (χ2v) is 4.85. The number of nitrogens with zero attached hydrogens (tertiary/aromatic N) is 1. The maximum atomic E-state index is 5.59. The van der Waals surface area contributed by atoms with E-state index in [0.29, 0.717) is 18.2 Å². The molecule has 1 aromatic heterocycles. The van der Waals surface area contributed by atoms with Gasteiger partial charge in [0.1, 0.15) is 5.82 Å². The predicted molar refractivity (Wildman–Crippen MR) is 70.5 cm³/mol. The molecule has 1 aromatic rings. The van der Waals surface area contributed by atoms with Crippen LogP contribution < -0.4 is 11.1 Å². The maximum absolute atomic E-state index is 5.59. The first-order valence-corrected chi connectivity index (χ1v) is 6.11. The van der Waals surface area contributed by atoms with E-state index in [9.17, 15) is 0 Å². The molecule has 0 bridgehead atoms. The van der Waals surface area contributed by atoms with Crippen molar-refractivity contribution in [3.8, 4) is 0 Å². The average molecular weight is 288 g/mol. The number of ether oxygens (including phenoxy) is 1. The van der Waals surface area contributed by atoms with E-state index in [1.807, 2.05) is 6.07 Å². The fourth-order valence-corrected chi connectivity index (χ4v) is 1.65. The third kappa shape index (κ3) is 4.81. The largest absolute Gasteiger partial charge is 0.397 e. The summed E-state index contributed by atoms with van der Waals surface area (Å²) in [7, 11) is 0. The molecule has 0 saturated carbocycles. The molecular weight excluding hydrogens is 270 g/mol. The number of aromatic nitrogens is 1. The summed E-state index contributed by atoms with van der Waals surface area (Å²) in [6, 6.07) is 1.82. The number of nitrogens with two attached hydrogens (primary N) is 1. The molecule has 0 aromatic carbocycles. The molecule has 0 atom stereocenters. The van der Waals surface area contributed by atoms with Crippen LogP contribution in [0.25, 0.3) is 0 Å². The molecular formula is C11H18BrN3O. The van der Waals surface area contributed by atoms with Crippen molar-refractivity contribution < 1.29 is 4.74 Å². The van der Waals surface area contributed by atoms with Gasteiger partial charge in [-0.1, -0.05) is 13.8 Å². The summed E-state index contributed by atoms with van der Waals surface area (Å²) in [4.78, 5) is 4.17. The molecule has 3 N–H and O–H groups in total.